The molecule has 0 aliphatic carbocycles. The van der Waals surface area contributed by atoms with E-state index in [-0.39, 0.29) is 11.8 Å². The highest BCUT2D eigenvalue weighted by atomic mass is 32.2. The van der Waals surface area contributed by atoms with Gasteiger partial charge in [0.05, 0.1) is 5.69 Å². The summed E-state index contributed by atoms with van der Waals surface area (Å²) in [5.74, 6) is 0.108. The van der Waals surface area contributed by atoms with E-state index in [1.54, 1.807) is 23.0 Å². The van der Waals surface area contributed by atoms with E-state index in [1.165, 1.54) is 9.71 Å². The quantitative estimate of drug-likeness (QED) is 0.641. The molecule has 1 aliphatic rings. The molecule has 0 atom stereocenters. The van der Waals surface area contributed by atoms with Crippen LogP contribution in [0.25, 0.3) is 11.8 Å². The molecule has 2 aromatic carbocycles. The van der Waals surface area contributed by atoms with Gasteiger partial charge in [-0.2, -0.15) is 9.40 Å². The summed E-state index contributed by atoms with van der Waals surface area (Å²) in [4.78, 5) is 12.6. The van der Waals surface area contributed by atoms with Crippen molar-refractivity contribution >= 4 is 27.8 Å². The summed E-state index contributed by atoms with van der Waals surface area (Å²) >= 11 is 0. The Balaban J connectivity index is 1.32. The Labute approximate surface area is 182 Å². The molecular weight excluding hydrogens is 412 g/mol. The first-order chi connectivity index (χ1) is 15.0. The molecule has 7 nitrogen and oxygen atoms in total. The van der Waals surface area contributed by atoms with Crippen LogP contribution in [0.2, 0.25) is 0 Å². The van der Waals surface area contributed by atoms with Gasteiger partial charge in [-0.1, -0.05) is 48.5 Å². The monoisotopic (exact) mass is 436 g/mol. The van der Waals surface area contributed by atoms with E-state index in [1.807, 2.05) is 60.7 Å². The molecule has 0 unspecified atom stereocenters. The summed E-state index contributed by atoms with van der Waals surface area (Å²) in [6.07, 6.45) is 4.34. The number of piperidine rings is 1. The molecule has 1 amide bonds. The first kappa shape index (κ1) is 21.0. The van der Waals surface area contributed by atoms with Crippen molar-refractivity contribution < 1.29 is 13.2 Å². The summed E-state index contributed by atoms with van der Waals surface area (Å²) in [5, 5.41) is 8.48. The van der Waals surface area contributed by atoms with E-state index in [2.05, 4.69) is 10.4 Å². The van der Waals surface area contributed by atoms with Crippen LogP contribution in [0.15, 0.2) is 78.3 Å². The average Bonchev–Trinajstić information content (AvgIpc) is 3.28. The Morgan fingerprint density at radius 3 is 2.29 bits per heavy atom. The fraction of sp³-hybridized carbons (Fsp3) is 0.217. The van der Waals surface area contributed by atoms with Crippen LogP contribution in [0.4, 0.5) is 5.82 Å². The minimum Gasteiger partial charge on any atom is -0.309 e. The third-order valence-electron chi connectivity index (χ3n) is 5.28. The zero-order chi connectivity index (χ0) is 21.7. The molecule has 2 heterocycles. The Bertz CT molecular complexity index is 1150. The average molecular weight is 437 g/mol. The molecule has 1 N–H and O–H groups in total. The van der Waals surface area contributed by atoms with Gasteiger partial charge in [0, 0.05) is 36.7 Å². The van der Waals surface area contributed by atoms with Gasteiger partial charge in [0.1, 0.15) is 0 Å². The third kappa shape index (κ3) is 5.28. The molecule has 0 spiro atoms. The van der Waals surface area contributed by atoms with Gasteiger partial charge in [-0.25, -0.2) is 13.1 Å². The molecule has 3 aromatic rings. The number of nitrogens with one attached hydrogen (secondary N) is 1. The second-order valence-electron chi connectivity index (χ2n) is 7.40. The lowest BCUT2D eigenvalue weighted by molar-refractivity contribution is -0.120. The van der Waals surface area contributed by atoms with Crippen LogP contribution in [0, 0.1) is 5.92 Å². The number of carbonyl (C=O) groups excluding carboxylic acids is 1. The highest BCUT2D eigenvalue weighted by Gasteiger charge is 2.30. The standard InChI is InChI=1S/C23H24N4O3S/c28-23(24-22-13-17-27(25-22)21-9-5-2-6-10-21)20-11-15-26(16-12-20)31(29,30)18-14-19-7-3-1-4-8-19/h1-10,13-14,17-18,20H,11-12,15-16H2,(H,24,25,28)/b18-14+. The zero-order valence-corrected chi connectivity index (χ0v) is 17.8. The molecule has 1 fully saturated rings. The van der Waals surface area contributed by atoms with Gasteiger partial charge in [0.15, 0.2) is 5.82 Å². The molecule has 1 saturated heterocycles. The molecule has 0 bridgehead atoms. The van der Waals surface area contributed by atoms with Crippen LogP contribution >= 0.6 is 0 Å². The van der Waals surface area contributed by atoms with Crippen molar-refractivity contribution in [3.05, 3.63) is 83.9 Å². The molecule has 0 radical (unpaired) electrons. The zero-order valence-electron chi connectivity index (χ0n) is 17.0. The van der Waals surface area contributed by atoms with Gasteiger partial charge < -0.3 is 5.32 Å². The second kappa shape index (κ2) is 9.28. The van der Waals surface area contributed by atoms with E-state index in [4.69, 9.17) is 0 Å². The predicted octanol–water partition coefficient (Wildman–Crippen LogP) is 3.52. The fourth-order valence-electron chi connectivity index (χ4n) is 3.53. The Hall–Kier alpha value is -3.23. The van der Waals surface area contributed by atoms with Crippen LogP contribution < -0.4 is 5.32 Å². The number of amides is 1. The SMILES string of the molecule is O=C(Nc1ccn(-c2ccccc2)n1)C1CCN(S(=O)(=O)/C=C/c2ccccc2)CC1. The summed E-state index contributed by atoms with van der Waals surface area (Å²) in [6.45, 7) is 0.635. The van der Waals surface area contributed by atoms with E-state index >= 15 is 0 Å². The molecular formula is C23H24N4O3S. The fourth-order valence-corrected chi connectivity index (χ4v) is 4.75. The lowest BCUT2D eigenvalue weighted by Gasteiger charge is -2.29. The number of sulfonamides is 1. The van der Waals surface area contributed by atoms with Gasteiger partial charge in [-0.05, 0) is 36.6 Å². The Morgan fingerprint density at radius 1 is 0.968 bits per heavy atom. The smallest absolute Gasteiger partial charge is 0.236 e. The number of anilines is 1. The number of para-hydroxylation sites is 1. The first-order valence-electron chi connectivity index (χ1n) is 10.2. The summed E-state index contributed by atoms with van der Waals surface area (Å²) < 4.78 is 28.3. The van der Waals surface area contributed by atoms with Crippen molar-refractivity contribution in [3.63, 3.8) is 0 Å². The number of carbonyl (C=O) groups is 1. The second-order valence-corrected chi connectivity index (χ2v) is 9.22. The van der Waals surface area contributed by atoms with Gasteiger partial charge in [-0.15, -0.1) is 0 Å². The lowest BCUT2D eigenvalue weighted by Crippen LogP contribution is -2.40. The summed E-state index contributed by atoms with van der Waals surface area (Å²) in [7, 11) is -3.51. The van der Waals surface area contributed by atoms with E-state index in [0.29, 0.717) is 31.7 Å². The normalized spacial score (nSPS) is 15.9. The van der Waals surface area contributed by atoms with Crippen LogP contribution in [0.3, 0.4) is 0 Å². The van der Waals surface area contributed by atoms with E-state index in [0.717, 1.165) is 11.3 Å². The van der Waals surface area contributed by atoms with E-state index in [9.17, 15) is 13.2 Å². The minimum atomic E-state index is -3.51. The molecule has 8 heteroatoms. The van der Waals surface area contributed by atoms with Crippen molar-refractivity contribution in [2.24, 2.45) is 5.92 Å². The number of benzene rings is 2. The lowest BCUT2D eigenvalue weighted by atomic mass is 9.97. The first-order valence-corrected chi connectivity index (χ1v) is 11.7. The van der Waals surface area contributed by atoms with Crippen LogP contribution in [-0.4, -0.2) is 41.5 Å². The maximum Gasteiger partial charge on any atom is 0.236 e. The van der Waals surface area contributed by atoms with Crippen molar-refractivity contribution in [2.45, 2.75) is 12.8 Å². The highest BCUT2D eigenvalue weighted by Crippen LogP contribution is 2.22. The predicted molar refractivity (Wildman–Crippen MR) is 121 cm³/mol. The summed E-state index contributed by atoms with van der Waals surface area (Å²) in [5.41, 5.74) is 1.74. The topological polar surface area (TPSA) is 84.3 Å². The molecule has 1 aromatic heterocycles. The van der Waals surface area contributed by atoms with Crippen LogP contribution in [0.1, 0.15) is 18.4 Å². The minimum absolute atomic E-state index is 0.129. The molecule has 1 aliphatic heterocycles. The largest absolute Gasteiger partial charge is 0.309 e. The molecule has 31 heavy (non-hydrogen) atoms. The maximum atomic E-state index is 12.6. The third-order valence-corrected chi connectivity index (χ3v) is 6.84. The van der Waals surface area contributed by atoms with Crippen molar-refractivity contribution in [1.82, 2.24) is 14.1 Å². The van der Waals surface area contributed by atoms with Gasteiger partial charge in [-0.3, -0.25) is 4.79 Å². The van der Waals surface area contributed by atoms with Crippen LogP contribution in [-0.2, 0) is 14.8 Å². The number of hydrogen-bond donors (Lipinski definition) is 1. The highest BCUT2D eigenvalue weighted by molar-refractivity contribution is 7.92. The Morgan fingerprint density at radius 2 is 1.61 bits per heavy atom. The van der Waals surface area contributed by atoms with Crippen molar-refractivity contribution in [3.8, 4) is 5.69 Å². The Kier molecular flexibility index (Phi) is 6.29. The molecule has 4 rings (SSSR count). The molecule has 0 saturated carbocycles. The number of hydrogen-bond acceptors (Lipinski definition) is 4. The summed E-state index contributed by atoms with van der Waals surface area (Å²) in [6, 6.07) is 20.7. The number of rotatable bonds is 6. The van der Waals surface area contributed by atoms with Crippen molar-refractivity contribution in [1.29, 1.82) is 0 Å². The molecule has 160 valence electrons. The van der Waals surface area contributed by atoms with Gasteiger partial charge in [0.2, 0.25) is 15.9 Å². The van der Waals surface area contributed by atoms with Crippen LogP contribution in [0.5, 0.6) is 0 Å². The van der Waals surface area contributed by atoms with E-state index < -0.39 is 10.0 Å². The van der Waals surface area contributed by atoms with Gasteiger partial charge >= 0.3 is 0 Å². The van der Waals surface area contributed by atoms with Crippen molar-refractivity contribution in [2.75, 3.05) is 18.4 Å². The maximum absolute atomic E-state index is 12.6. The number of nitrogens with zero attached hydrogens (tertiary/aromatic N) is 3. The van der Waals surface area contributed by atoms with Gasteiger partial charge in [0.25, 0.3) is 0 Å². The number of aromatic nitrogens is 2.